The molecule has 0 bridgehead atoms. The Bertz CT molecular complexity index is 994. The number of nitrogens with one attached hydrogen (secondary N) is 1. The molecule has 0 unspecified atom stereocenters. The maximum absolute atomic E-state index is 14.5. The van der Waals surface area contributed by atoms with Gasteiger partial charge in [0.25, 0.3) is 10.0 Å². The van der Waals surface area contributed by atoms with Crippen molar-refractivity contribution in [2.75, 3.05) is 18.4 Å². The zero-order valence-corrected chi connectivity index (χ0v) is 14.9. The minimum absolute atomic E-state index is 0.185. The highest BCUT2D eigenvalue weighted by Gasteiger charge is 2.30. The van der Waals surface area contributed by atoms with Crippen LogP contribution in [0.2, 0.25) is 0 Å². The van der Waals surface area contributed by atoms with Gasteiger partial charge in [0.15, 0.2) is 23.1 Å². The number of aromatic carboxylic acids is 1. The van der Waals surface area contributed by atoms with Crippen LogP contribution in [0.25, 0.3) is 0 Å². The average Bonchev–Trinajstić information content (AvgIpc) is 2.63. The number of ether oxygens (including phenoxy) is 2. The van der Waals surface area contributed by atoms with Crippen molar-refractivity contribution < 1.29 is 41.0 Å². The monoisotopic (exact) mass is 405 g/mol. The third-order valence-corrected chi connectivity index (χ3v) is 4.70. The van der Waals surface area contributed by atoms with Gasteiger partial charge >= 0.3 is 5.97 Å². The zero-order chi connectivity index (χ0) is 20.4. The quantitative estimate of drug-likeness (QED) is 0.734. The minimum Gasteiger partial charge on any atom is -0.491 e. The summed E-state index contributed by atoms with van der Waals surface area (Å²) < 4.78 is 78.7. The van der Waals surface area contributed by atoms with Crippen LogP contribution in [0.3, 0.4) is 0 Å². The lowest BCUT2D eigenvalue weighted by molar-refractivity contribution is 0.0696. The topological polar surface area (TPSA) is 102 Å². The van der Waals surface area contributed by atoms with Gasteiger partial charge in [-0.15, -0.1) is 0 Å². The number of benzene rings is 2. The Morgan fingerprint density at radius 3 is 2.33 bits per heavy atom. The summed E-state index contributed by atoms with van der Waals surface area (Å²) in [6.45, 7) is 1.23. The van der Waals surface area contributed by atoms with Gasteiger partial charge in [-0.05, 0) is 25.1 Å². The number of carbonyl (C=O) groups is 1. The van der Waals surface area contributed by atoms with E-state index in [0.717, 1.165) is 31.4 Å². The number of carboxylic acid groups (broad SMARTS) is 1. The van der Waals surface area contributed by atoms with Crippen molar-refractivity contribution in [1.82, 2.24) is 0 Å². The molecule has 0 aromatic heterocycles. The van der Waals surface area contributed by atoms with Gasteiger partial charge in [-0.25, -0.2) is 22.0 Å². The van der Waals surface area contributed by atoms with E-state index in [-0.39, 0.29) is 12.2 Å². The number of anilines is 1. The molecule has 0 saturated carbocycles. The maximum Gasteiger partial charge on any atom is 0.335 e. The molecule has 0 heterocycles. The molecular weight excluding hydrogens is 391 g/mol. The number of methoxy groups -OCH3 is 1. The number of hydrogen-bond donors (Lipinski definition) is 2. The average molecular weight is 405 g/mol. The maximum atomic E-state index is 14.5. The fraction of sp³-hybridized carbons (Fsp3) is 0.188. The van der Waals surface area contributed by atoms with E-state index in [1.165, 1.54) is 6.92 Å². The Labute approximate surface area is 152 Å². The molecular formula is C16H14F3NO6S. The van der Waals surface area contributed by atoms with Gasteiger partial charge in [-0.1, -0.05) is 6.07 Å². The summed E-state index contributed by atoms with van der Waals surface area (Å²) in [6, 6.07) is 4.09. The minimum atomic E-state index is -4.61. The van der Waals surface area contributed by atoms with Crippen LogP contribution in [-0.4, -0.2) is 33.2 Å². The summed E-state index contributed by atoms with van der Waals surface area (Å²) in [5.74, 6) is -8.18. The lowest BCUT2D eigenvalue weighted by atomic mass is 10.2. The second-order valence-electron chi connectivity index (χ2n) is 5.05. The van der Waals surface area contributed by atoms with Crippen LogP contribution in [0.15, 0.2) is 29.2 Å². The number of halogens is 3. The van der Waals surface area contributed by atoms with Crippen molar-refractivity contribution in [3.8, 4) is 11.5 Å². The summed E-state index contributed by atoms with van der Waals surface area (Å²) in [6.07, 6.45) is 0. The first-order chi connectivity index (χ1) is 12.6. The van der Waals surface area contributed by atoms with Crippen LogP contribution >= 0.6 is 0 Å². The number of carboxylic acids is 1. The predicted molar refractivity (Wildman–Crippen MR) is 88.2 cm³/mol. The molecule has 0 aliphatic carbocycles. The third-order valence-electron chi connectivity index (χ3n) is 3.36. The van der Waals surface area contributed by atoms with Crippen LogP contribution in [0.1, 0.15) is 17.3 Å². The summed E-state index contributed by atoms with van der Waals surface area (Å²) in [5.41, 5.74) is -1.58. The van der Waals surface area contributed by atoms with Crippen molar-refractivity contribution in [2.24, 2.45) is 0 Å². The first-order valence-corrected chi connectivity index (χ1v) is 8.85. The Balaban J connectivity index is 2.60. The van der Waals surface area contributed by atoms with Gasteiger partial charge in [0.2, 0.25) is 5.82 Å². The molecule has 146 valence electrons. The largest absolute Gasteiger partial charge is 0.491 e. The number of sulfonamides is 1. The molecule has 0 aliphatic rings. The van der Waals surface area contributed by atoms with Gasteiger partial charge in [-0.2, -0.15) is 4.39 Å². The van der Waals surface area contributed by atoms with E-state index in [0.29, 0.717) is 0 Å². The zero-order valence-electron chi connectivity index (χ0n) is 14.0. The van der Waals surface area contributed by atoms with Crippen molar-refractivity contribution in [3.63, 3.8) is 0 Å². The van der Waals surface area contributed by atoms with Gasteiger partial charge in [-0.3, -0.25) is 4.72 Å². The summed E-state index contributed by atoms with van der Waals surface area (Å²) in [5, 5.41) is 8.94. The normalized spacial score (nSPS) is 11.1. The lowest BCUT2D eigenvalue weighted by Gasteiger charge is -2.16. The molecule has 0 saturated heterocycles. The summed E-state index contributed by atoms with van der Waals surface area (Å²) in [4.78, 5) is 10.4. The molecule has 2 N–H and O–H groups in total. The molecule has 7 nitrogen and oxygen atoms in total. The Kier molecular flexibility index (Phi) is 5.84. The third kappa shape index (κ3) is 3.92. The molecule has 2 aromatic rings. The molecule has 11 heteroatoms. The highest BCUT2D eigenvalue weighted by atomic mass is 32.2. The van der Waals surface area contributed by atoms with Gasteiger partial charge < -0.3 is 14.6 Å². The predicted octanol–water partition coefficient (Wildman–Crippen LogP) is 3.01. The molecule has 0 spiro atoms. The van der Waals surface area contributed by atoms with Crippen LogP contribution in [-0.2, 0) is 10.0 Å². The first kappa shape index (κ1) is 20.4. The lowest BCUT2D eigenvalue weighted by Crippen LogP contribution is -2.17. The molecule has 0 radical (unpaired) electrons. The van der Waals surface area contributed by atoms with Crippen LogP contribution in [0, 0.1) is 17.5 Å². The highest BCUT2D eigenvalue weighted by molar-refractivity contribution is 7.92. The molecule has 0 aliphatic heterocycles. The molecule has 0 fully saturated rings. The van der Waals surface area contributed by atoms with E-state index in [2.05, 4.69) is 4.74 Å². The Morgan fingerprint density at radius 1 is 1.15 bits per heavy atom. The Morgan fingerprint density at radius 2 is 1.78 bits per heavy atom. The molecule has 2 aromatic carbocycles. The van der Waals surface area contributed by atoms with E-state index in [1.807, 2.05) is 0 Å². The van der Waals surface area contributed by atoms with Gasteiger partial charge in [0, 0.05) is 0 Å². The van der Waals surface area contributed by atoms with Crippen molar-refractivity contribution >= 4 is 21.7 Å². The fourth-order valence-corrected chi connectivity index (χ4v) is 3.25. The SMILES string of the molecule is CCOc1c(F)c(NS(=O)(=O)c2cccc(C(=O)O)c2)c(F)c(OC)c1F. The molecule has 0 amide bonds. The Hall–Kier alpha value is -2.95. The van der Waals surface area contributed by atoms with Crippen molar-refractivity contribution in [2.45, 2.75) is 11.8 Å². The van der Waals surface area contributed by atoms with E-state index < -0.39 is 55.5 Å². The number of hydrogen-bond acceptors (Lipinski definition) is 5. The summed E-state index contributed by atoms with van der Waals surface area (Å²) >= 11 is 0. The van der Waals surface area contributed by atoms with Gasteiger partial charge in [0.05, 0.1) is 24.2 Å². The van der Waals surface area contributed by atoms with E-state index >= 15 is 0 Å². The molecule has 0 atom stereocenters. The van der Waals surface area contributed by atoms with Crippen molar-refractivity contribution in [3.05, 3.63) is 47.3 Å². The first-order valence-electron chi connectivity index (χ1n) is 7.37. The molecule has 2 rings (SSSR count). The highest BCUT2D eigenvalue weighted by Crippen LogP contribution is 2.39. The van der Waals surface area contributed by atoms with Gasteiger partial charge in [0.1, 0.15) is 5.69 Å². The van der Waals surface area contributed by atoms with E-state index in [4.69, 9.17) is 9.84 Å². The standard InChI is InChI=1S/C16H14F3NO6S/c1-3-26-15-11(18)13(10(17)14(25-2)12(15)19)20-27(23,24)9-6-4-5-8(7-9)16(21)22/h4-7,20H,3H2,1-2H3,(H,21,22). The second-order valence-corrected chi connectivity index (χ2v) is 6.73. The van der Waals surface area contributed by atoms with Crippen LogP contribution in [0.5, 0.6) is 11.5 Å². The van der Waals surface area contributed by atoms with Crippen molar-refractivity contribution in [1.29, 1.82) is 0 Å². The smallest absolute Gasteiger partial charge is 0.335 e. The fourth-order valence-electron chi connectivity index (χ4n) is 2.15. The van der Waals surface area contributed by atoms with Crippen LogP contribution < -0.4 is 14.2 Å². The molecule has 27 heavy (non-hydrogen) atoms. The van der Waals surface area contributed by atoms with E-state index in [9.17, 15) is 26.4 Å². The van der Waals surface area contributed by atoms with E-state index in [1.54, 1.807) is 4.72 Å². The number of rotatable bonds is 7. The summed E-state index contributed by atoms with van der Waals surface area (Å²) in [7, 11) is -3.70. The van der Waals surface area contributed by atoms with Crippen LogP contribution in [0.4, 0.5) is 18.9 Å². The second kappa shape index (κ2) is 7.74.